The predicted molar refractivity (Wildman–Crippen MR) is 69.0 cm³/mol. The molecule has 4 nitrogen and oxygen atoms in total. The summed E-state index contributed by atoms with van der Waals surface area (Å²) in [5.41, 5.74) is 0.668. The van der Waals surface area contributed by atoms with Gasteiger partial charge < -0.3 is 10.0 Å². The van der Waals surface area contributed by atoms with E-state index in [1.54, 1.807) is 12.4 Å². The predicted octanol–water partition coefficient (Wildman–Crippen LogP) is 1.39. The highest BCUT2D eigenvalue weighted by molar-refractivity contribution is 5.79. The number of aliphatic hydroxyl groups excluding tert-OH is 1. The van der Waals surface area contributed by atoms with Gasteiger partial charge in [0.2, 0.25) is 5.91 Å². The van der Waals surface area contributed by atoms with E-state index in [0.29, 0.717) is 25.8 Å². The molecule has 2 rings (SSSR count). The van der Waals surface area contributed by atoms with Crippen LogP contribution in [0.1, 0.15) is 32.3 Å². The molecular weight excluding hydrogens is 228 g/mol. The molecule has 1 N–H and O–H groups in total. The average Bonchev–Trinajstić information content (AvgIpc) is 2.28. The molecule has 1 aliphatic rings. The van der Waals surface area contributed by atoms with E-state index in [0.717, 1.165) is 5.56 Å². The maximum absolute atomic E-state index is 12.3. The SMILES string of the molecule is CC1(C)CC(O)CCN1C(=O)Cc1cccnc1. The minimum absolute atomic E-state index is 0.111. The van der Waals surface area contributed by atoms with Gasteiger partial charge in [-0.25, -0.2) is 0 Å². The standard InChI is InChI=1S/C14H20N2O2/c1-14(2)9-12(17)5-7-16(14)13(18)8-11-4-3-6-15-10-11/h3-4,6,10,12,17H,5,7-9H2,1-2H3. The van der Waals surface area contributed by atoms with Crippen LogP contribution in [0.4, 0.5) is 0 Å². The number of amides is 1. The van der Waals surface area contributed by atoms with E-state index in [1.807, 2.05) is 30.9 Å². The van der Waals surface area contributed by atoms with E-state index >= 15 is 0 Å². The molecule has 0 aromatic carbocycles. The molecule has 98 valence electrons. The number of aromatic nitrogens is 1. The summed E-state index contributed by atoms with van der Waals surface area (Å²) in [4.78, 5) is 18.2. The number of piperidine rings is 1. The first-order valence-electron chi connectivity index (χ1n) is 6.36. The number of carbonyl (C=O) groups is 1. The molecule has 0 spiro atoms. The molecule has 1 fully saturated rings. The summed E-state index contributed by atoms with van der Waals surface area (Å²) in [6.45, 7) is 4.65. The van der Waals surface area contributed by atoms with Gasteiger partial charge in [0, 0.05) is 24.5 Å². The molecule has 18 heavy (non-hydrogen) atoms. The van der Waals surface area contributed by atoms with Gasteiger partial charge in [0.15, 0.2) is 0 Å². The highest BCUT2D eigenvalue weighted by Crippen LogP contribution is 2.28. The normalized spacial score (nSPS) is 22.8. The van der Waals surface area contributed by atoms with Crippen LogP contribution >= 0.6 is 0 Å². The molecule has 1 aliphatic heterocycles. The second-order valence-electron chi connectivity index (χ2n) is 5.54. The van der Waals surface area contributed by atoms with Gasteiger partial charge in [0.05, 0.1) is 12.5 Å². The van der Waals surface area contributed by atoms with Crippen LogP contribution in [0.15, 0.2) is 24.5 Å². The van der Waals surface area contributed by atoms with Crippen LogP contribution in [-0.2, 0) is 11.2 Å². The number of hydrogen-bond acceptors (Lipinski definition) is 3. The minimum Gasteiger partial charge on any atom is -0.393 e. The van der Waals surface area contributed by atoms with Crippen molar-refractivity contribution in [2.45, 2.75) is 44.8 Å². The molecule has 1 aromatic rings. The van der Waals surface area contributed by atoms with E-state index in [9.17, 15) is 9.90 Å². The Morgan fingerprint density at radius 1 is 1.61 bits per heavy atom. The third-order valence-corrected chi connectivity index (χ3v) is 3.53. The second-order valence-corrected chi connectivity index (χ2v) is 5.54. The highest BCUT2D eigenvalue weighted by atomic mass is 16.3. The van der Waals surface area contributed by atoms with Gasteiger partial charge in [-0.2, -0.15) is 0 Å². The summed E-state index contributed by atoms with van der Waals surface area (Å²) in [6.07, 6.45) is 4.84. The monoisotopic (exact) mass is 248 g/mol. The fourth-order valence-corrected chi connectivity index (χ4v) is 2.60. The number of likely N-dealkylation sites (tertiary alicyclic amines) is 1. The molecule has 1 saturated heterocycles. The van der Waals surface area contributed by atoms with Crippen LogP contribution < -0.4 is 0 Å². The Kier molecular flexibility index (Phi) is 3.66. The van der Waals surface area contributed by atoms with Crippen molar-refractivity contribution < 1.29 is 9.90 Å². The molecule has 0 aliphatic carbocycles. The molecular formula is C14H20N2O2. The molecule has 0 radical (unpaired) electrons. The van der Waals surface area contributed by atoms with Crippen molar-refractivity contribution >= 4 is 5.91 Å². The summed E-state index contributed by atoms with van der Waals surface area (Å²) in [5.74, 6) is 0.111. The highest BCUT2D eigenvalue weighted by Gasteiger charge is 2.36. The van der Waals surface area contributed by atoms with E-state index in [2.05, 4.69) is 4.98 Å². The van der Waals surface area contributed by atoms with E-state index in [1.165, 1.54) is 0 Å². The number of hydrogen-bond donors (Lipinski definition) is 1. The molecule has 4 heteroatoms. The minimum atomic E-state index is -0.289. The first kappa shape index (κ1) is 13.0. The van der Waals surface area contributed by atoms with E-state index in [4.69, 9.17) is 0 Å². The Hall–Kier alpha value is -1.42. The molecule has 1 unspecified atom stereocenters. The number of nitrogens with zero attached hydrogens (tertiary/aromatic N) is 2. The lowest BCUT2D eigenvalue weighted by Crippen LogP contribution is -2.54. The largest absolute Gasteiger partial charge is 0.393 e. The fourth-order valence-electron chi connectivity index (χ4n) is 2.60. The number of carbonyl (C=O) groups excluding carboxylic acids is 1. The Bertz CT molecular complexity index is 417. The number of pyridine rings is 1. The molecule has 2 heterocycles. The summed E-state index contributed by atoms with van der Waals surface area (Å²) < 4.78 is 0. The van der Waals surface area contributed by atoms with Crippen molar-refractivity contribution in [2.24, 2.45) is 0 Å². The zero-order valence-electron chi connectivity index (χ0n) is 11.0. The van der Waals surface area contributed by atoms with Crippen LogP contribution in [-0.4, -0.2) is 39.1 Å². The van der Waals surface area contributed by atoms with Crippen LogP contribution in [0.25, 0.3) is 0 Å². The van der Waals surface area contributed by atoms with Gasteiger partial charge >= 0.3 is 0 Å². The summed E-state index contributed by atoms with van der Waals surface area (Å²) >= 11 is 0. The third-order valence-electron chi connectivity index (χ3n) is 3.53. The molecule has 1 amide bonds. The van der Waals surface area contributed by atoms with E-state index in [-0.39, 0.29) is 17.6 Å². The van der Waals surface area contributed by atoms with Crippen molar-refractivity contribution in [3.63, 3.8) is 0 Å². The Morgan fingerprint density at radius 2 is 2.39 bits per heavy atom. The molecule has 0 bridgehead atoms. The maximum atomic E-state index is 12.3. The van der Waals surface area contributed by atoms with Gasteiger partial charge in [-0.3, -0.25) is 9.78 Å². The summed E-state index contributed by atoms with van der Waals surface area (Å²) in [5, 5.41) is 9.69. The van der Waals surface area contributed by atoms with Crippen LogP contribution in [0.3, 0.4) is 0 Å². The fraction of sp³-hybridized carbons (Fsp3) is 0.571. The molecule has 1 atom stereocenters. The van der Waals surface area contributed by atoms with Crippen molar-refractivity contribution in [1.82, 2.24) is 9.88 Å². The first-order chi connectivity index (χ1) is 8.49. The van der Waals surface area contributed by atoms with Crippen LogP contribution in [0.5, 0.6) is 0 Å². The average molecular weight is 248 g/mol. The van der Waals surface area contributed by atoms with Gasteiger partial charge in [-0.15, -0.1) is 0 Å². The lowest BCUT2D eigenvalue weighted by Gasteiger charge is -2.44. The number of rotatable bonds is 2. The van der Waals surface area contributed by atoms with Crippen LogP contribution in [0.2, 0.25) is 0 Å². The first-order valence-corrected chi connectivity index (χ1v) is 6.36. The van der Waals surface area contributed by atoms with Gasteiger partial charge in [0.1, 0.15) is 0 Å². The zero-order chi connectivity index (χ0) is 13.2. The topological polar surface area (TPSA) is 53.4 Å². The Labute approximate surface area is 108 Å². The Balaban J connectivity index is 2.05. The van der Waals surface area contributed by atoms with Crippen LogP contribution in [0, 0.1) is 0 Å². The quantitative estimate of drug-likeness (QED) is 0.860. The molecule has 0 saturated carbocycles. The maximum Gasteiger partial charge on any atom is 0.227 e. The van der Waals surface area contributed by atoms with Crippen molar-refractivity contribution in [3.8, 4) is 0 Å². The summed E-state index contributed by atoms with van der Waals surface area (Å²) in [7, 11) is 0. The lowest BCUT2D eigenvalue weighted by atomic mass is 9.88. The van der Waals surface area contributed by atoms with Crippen molar-refractivity contribution in [1.29, 1.82) is 0 Å². The molecule has 1 aromatic heterocycles. The van der Waals surface area contributed by atoms with Crippen molar-refractivity contribution in [3.05, 3.63) is 30.1 Å². The third kappa shape index (κ3) is 2.88. The second kappa shape index (κ2) is 5.06. The number of aliphatic hydroxyl groups is 1. The lowest BCUT2D eigenvalue weighted by molar-refractivity contribution is -0.140. The smallest absolute Gasteiger partial charge is 0.227 e. The van der Waals surface area contributed by atoms with E-state index < -0.39 is 0 Å². The van der Waals surface area contributed by atoms with Gasteiger partial charge in [-0.05, 0) is 38.3 Å². The Morgan fingerprint density at radius 3 is 3.00 bits per heavy atom. The van der Waals surface area contributed by atoms with Gasteiger partial charge in [0.25, 0.3) is 0 Å². The van der Waals surface area contributed by atoms with Crippen molar-refractivity contribution in [2.75, 3.05) is 6.54 Å². The zero-order valence-corrected chi connectivity index (χ0v) is 11.0. The van der Waals surface area contributed by atoms with Gasteiger partial charge in [-0.1, -0.05) is 6.07 Å². The summed E-state index contributed by atoms with van der Waals surface area (Å²) in [6, 6.07) is 3.75.